The van der Waals surface area contributed by atoms with Gasteiger partial charge in [0.25, 0.3) is 0 Å². The van der Waals surface area contributed by atoms with Crippen molar-refractivity contribution >= 4 is 12.4 Å². The smallest absolute Gasteiger partial charge is 0.104 e. The quantitative estimate of drug-likeness (QED) is 0.239. The monoisotopic (exact) mass is 492 g/mol. The Morgan fingerprint density at radius 3 is 1.47 bits per heavy atom. The summed E-state index contributed by atoms with van der Waals surface area (Å²) in [4.78, 5) is 0. The van der Waals surface area contributed by atoms with Crippen LogP contribution in [0.1, 0.15) is 102 Å². The van der Waals surface area contributed by atoms with Crippen LogP contribution in [0.5, 0.6) is 0 Å². The van der Waals surface area contributed by atoms with Crippen LogP contribution in [0.4, 0.5) is 0 Å². The first-order valence-electron chi connectivity index (χ1n) is 12.7. The lowest BCUT2D eigenvalue weighted by atomic mass is 10.0. The first-order chi connectivity index (χ1) is 14.6. The maximum absolute atomic E-state index is 7.75. The number of aliphatic hydroxyl groups excluding tert-OH is 1. The van der Waals surface area contributed by atoms with E-state index in [0.717, 1.165) is 11.0 Å². The fourth-order valence-corrected chi connectivity index (χ4v) is 3.89. The number of hydrogen-bond donors (Lipinski definition) is 2. The second kappa shape index (κ2) is 26.9. The molecule has 32 heavy (non-hydrogen) atoms. The summed E-state index contributed by atoms with van der Waals surface area (Å²) in [5.41, 5.74) is 6.24. The Balaban J connectivity index is -0.00000129. The molecule has 5 heteroatoms. The van der Waals surface area contributed by atoms with E-state index in [1.54, 1.807) is 0 Å². The third-order valence-electron chi connectivity index (χ3n) is 5.70. The van der Waals surface area contributed by atoms with Crippen molar-refractivity contribution < 1.29 is 22.0 Å². The highest BCUT2D eigenvalue weighted by molar-refractivity contribution is 5.85. The summed E-state index contributed by atoms with van der Waals surface area (Å²) < 4.78 is 1.11. The van der Waals surface area contributed by atoms with Crippen molar-refractivity contribution in [2.45, 2.75) is 103 Å². The molecule has 1 aromatic rings. The van der Waals surface area contributed by atoms with Crippen LogP contribution < -0.4 is 18.1 Å². The highest BCUT2D eigenvalue weighted by Crippen LogP contribution is 2.14. The molecule has 0 radical (unpaired) electrons. The minimum Gasteiger partial charge on any atom is -1.00 e. The summed E-state index contributed by atoms with van der Waals surface area (Å²) in [6.07, 6.45) is 20.2. The second-order valence-corrected chi connectivity index (χ2v) is 9.41. The molecule has 0 aliphatic heterocycles. The van der Waals surface area contributed by atoms with Crippen molar-refractivity contribution in [2.75, 3.05) is 33.8 Å². The Kier molecular flexibility index (Phi) is 30.5. The van der Waals surface area contributed by atoms with E-state index < -0.39 is 0 Å². The Hall–Kier alpha value is -0.320. The van der Waals surface area contributed by atoms with Crippen LogP contribution in [0.3, 0.4) is 0 Å². The number of nitrogens with zero attached hydrogens (tertiary/aromatic N) is 1. The molecule has 0 atom stereocenters. The van der Waals surface area contributed by atoms with Crippen molar-refractivity contribution in [3.05, 3.63) is 35.9 Å². The van der Waals surface area contributed by atoms with Gasteiger partial charge in [0, 0.05) is 12.1 Å². The average Bonchev–Trinajstić information content (AvgIpc) is 2.74. The van der Waals surface area contributed by atoms with Gasteiger partial charge in [-0.15, -0.1) is 12.4 Å². The third-order valence-corrected chi connectivity index (χ3v) is 5.70. The molecule has 0 aliphatic rings. The number of nitrogens with two attached hydrogens (primary N) is 1. The fraction of sp³-hybridized carbons (Fsp3) is 0.778. The lowest BCUT2D eigenvalue weighted by Crippen LogP contribution is -3.00. The Morgan fingerprint density at radius 2 is 1.09 bits per heavy atom. The molecule has 0 aromatic heterocycles. The summed E-state index contributed by atoms with van der Waals surface area (Å²) in [7, 11) is 4.74. The molecule has 1 rings (SSSR count). The van der Waals surface area contributed by atoms with Crippen LogP contribution in [-0.2, 0) is 6.54 Å². The molecule has 0 bridgehead atoms. The number of rotatable bonds is 18. The number of aliphatic hydroxyl groups is 1. The van der Waals surface area contributed by atoms with Crippen molar-refractivity contribution in [1.82, 2.24) is 0 Å². The number of unbranched alkanes of at least 4 members (excludes halogenated alkanes) is 13. The van der Waals surface area contributed by atoms with Gasteiger partial charge in [0.2, 0.25) is 0 Å². The summed E-state index contributed by atoms with van der Waals surface area (Å²) in [6, 6.07) is 10.9. The largest absolute Gasteiger partial charge is 1.00 e. The summed E-state index contributed by atoms with van der Waals surface area (Å²) in [5, 5.41) is 7.75. The molecule has 192 valence electrons. The van der Waals surface area contributed by atoms with Crippen LogP contribution in [-0.4, -0.2) is 43.4 Å². The number of benzene rings is 1. The molecule has 3 N–H and O–H groups in total. The molecule has 0 heterocycles. The first-order valence-corrected chi connectivity index (χ1v) is 12.7. The molecule has 0 saturated carbocycles. The van der Waals surface area contributed by atoms with Gasteiger partial charge in [0.1, 0.15) is 6.54 Å². The Bertz CT molecular complexity index is 456. The van der Waals surface area contributed by atoms with E-state index in [-0.39, 0.29) is 31.4 Å². The SMILES string of the molecule is CCCCCCCCCCCCCCCC[N+](C)(C)Cc1ccccc1.Cl.NCCO.[Cl-]. The molecule has 0 spiro atoms. The fourth-order valence-electron chi connectivity index (χ4n) is 3.89. The predicted octanol–water partition coefficient (Wildman–Crippen LogP) is 4.11. The van der Waals surface area contributed by atoms with Crippen LogP contribution in [0.2, 0.25) is 0 Å². The predicted molar refractivity (Wildman–Crippen MR) is 141 cm³/mol. The highest BCUT2D eigenvalue weighted by Gasteiger charge is 2.14. The van der Waals surface area contributed by atoms with Crippen LogP contribution in [0.25, 0.3) is 0 Å². The van der Waals surface area contributed by atoms with Gasteiger partial charge in [-0.25, -0.2) is 0 Å². The molecule has 3 nitrogen and oxygen atoms in total. The number of quaternary nitrogens is 1. The molecule has 1 aromatic carbocycles. The topological polar surface area (TPSA) is 46.2 Å². The molecular weight excluding hydrogens is 439 g/mol. The van der Waals surface area contributed by atoms with Crippen molar-refractivity contribution in [3.8, 4) is 0 Å². The molecule has 0 fully saturated rings. The van der Waals surface area contributed by atoms with Gasteiger partial charge in [-0.1, -0.05) is 114 Å². The summed E-state index contributed by atoms with van der Waals surface area (Å²) in [5.74, 6) is 0. The van der Waals surface area contributed by atoms with Gasteiger partial charge in [-0.2, -0.15) is 0 Å². The normalized spacial score (nSPS) is 10.5. The van der Waals surface area contributed by atoms with Gasteiger partial charge in [-0.3, -0.25) is 0 Å². The zero-order valence-electron chi connectivity index (χ0n) is 21.4. The molecule has 0 amide bonds. The van der Waals surface area contributed by atoms with Crippen LogP contribution in [0.15, 0.2) is 30.3 Å². The van der Waals surface area contributed by atoms with Crippen LogP contribution >= 0.6 is 12.4 Å². The zero-order valence-corrected chi connectivity index (χ0v) is 22.9. The van der Waals surface area contributed by atoms with Gasteiger partial charge in [-0.05, 0) is 12.8 Å². The Morgan fingerprint density at radius 1 is 0.719 bits per heavy atom. The second-order valence-electron chi connectivity index (χ2n) is 9.41. The molecule has 0 aliphatic carbocycles. The van der Waals surface area contributed by atoms with Crippen molar-refractivity contribution in [1.29, 1.82) is 0 Å². The molecule has 0 saturated heterocycles. The first kappa shape index (κ1) is 36.3. The molecule has 0 unspecified atom stereocenters. The summed E-state index contributed by atoms with van der Waals surface area (Å²) in [6.45, 7) is 5.22. The Labute approximate surface area is 213 Å². The lowest BCUT2D eigenvalue weighted by Gasteiger charge is -2.30. The maximum Gasteiger partial charge on any atom is 0.104 e. The van der Waals surface area contributed by atoms with Gasteiger partial charge >= 0.3 is 0 Å². The lowest BCUT2D eigenvalue weighted by molar-refractivity contribution is -0.903. The number of halogens is 2. The van der Waals surface area contributed by atoms with E-state index in [1.807, 2.05) is 0 Å². The van der Waals surface area contributed by atoms with Crippen LogP contribution in [0, 0.1) is 0 Å². The molecular formula is C27H54Cl2N2O. The highest BCUT2D eigenvalue weighted by atomic mass is 35.5. The van der Waals surface area contributed by atoms with Gasteiger partial charge < -0.3 is 27.7 Å². The van der Waals surface area contributed by atoms with Gasteiger partial charge in [0.15, 0.2) is 0 Å². The maximum atomic E-state index is 7.75. The van der Waals surface area contributed by atoms with Gasteiger partial charge in [0.05, 0.1) is 27.2 Å². The van der Waals surface area contributed by atoms with E-state index in [1.165, 1.54) is 102 Å². The van der Waals surface area contributed by atoms with E-state index in [9.17, 15) is 0 Å². The van der Waals surface area contributed by atoms with E-state index >= 15 is 0 Å². The zero-order chi connectivity index (χ0) is 22.3. The van der Waals surface area contributed by atoms with E-state index in [2.05, 4.69) is 51.4 Å². The van der Waals surface area contributed by atoms with E-state index in [0.29, 0.717) is 6.54 Å². The average molecular weight is 494 g/mol. The standard InChI is InChI=1S/C25H46N.C2H7NO.2ClH/c1-4-5-6-7-8-9-10-11-12-13-14-15-16-20-23-26(2,3)24-25-21-18-17-19-22-25;3-1-2-4;;/h17-19,21-22H,4-16,20,23-24H2,1-3H3;4H,1-3H2;2*1H/q+1;;;/p-1. The van der Waals surface area contributed by atoms with E-state index in [4.69, 9.17) is 10.8 Å². The minimum atomic E-state index is 0. The van der Waals surface area contributed by atoms with Crippen molar-refractivity contribution in [2.24, 2.45) is 5.73 Å². The van der Waals surface area contributed by atoms with Crippen molar-refractivity contribution in [3.63, 3.8) is 0 Å². The third kappa shape index (κ3) is 25.9. The summed E-state index contributed by atoms with van der Waals surface area (Å²) >= 11 is 0. The number of hydrogen-bond acceptors (Lipinski definition) is 2. The minimum absolute atomic E-state index is 0.